The topological polar surface area (TPSA) is 89.8 Å². The largest absolute Gasteiger partial charge is 0.507 e. The molecule has 4 N–H and O–H groups in total. The van der Waals surface area contributed by atoms with E-state index in [2.05, 4.69) is 5.32 Å². The number of benzene rings is 2. The lowest BCUT2D eigenvalue weighted by molar-refractivity contribution is 0.0911. The van der Waals surface area contributed by atoms with Crippen LogP contribution in [0, 0.1) is 0 Å². The molecule has 0 aliphatic rings. The van der Waals surface area contributed by atoms with E-state index in [4.69, 9.17) is 0 Å². The molecular formula is C16H17NO4. The Morgan fingerprint density at radius 2 is 1.62 bits per heavy atom. The maximum absolute atomic E-state index is 12.1. The molecule has 0 saturated carbocycles. The maximum atomic E-state index is 12.1. The van der Waals surface area contributed by atoms with E-state index in [0.29, 0.717) is 6.42 Å². The van der Waals surface area contributed by atoms with Crippen molar-refractivity contribution < 1.29 is 20.1 Å². The highest BCUT2D eigenvalue weighted by atomic mass is 16.3. The maximum Gasteiger partial charge on any atom is 0.259 e. The summed E-state index contributed by atoms with van der Waals surface area (Å²) in [7, 11) is 0. The Bertz CT molecular complexity index is 593. The number of aliphatic hydroxyl groups excluding tert-OH is 1. The van der Waals surface area contributed by atoms with Crippen molar-refractivity contribution in [2.45, 2.75) is 12.5 Å². The zero-order valence-electron chi connectivity index (χ0n) is 11.4. The molecule has 0 heterocycles. The zero-order chi connectivity index (χ0) is 15.2. The molecule has 5 heteroatoms. The molecule has 0 radical (unpaired) electrons. The third-order valence-corrected chi connectivity index (χ3v) is 3.13. The van der Waals surface area contributed by atoms with Crippen LogP contribution in [0.15, 0.2) is 48.5 Å². The van der Waals surface area contributed by atoms with Gasteiger partial charge in [-0.25, -0.2) is 0 Å². The van der Waals surface area contributed by atoms with E-state index in [9.17, 15) is 20.1 Å². The van der Waals surface area contributed by atoms with E-state index in [1.807, 2.05) is 30.3 Å². The molecule has 0 aliphatic heterocycles. The van der Waals surface area contributed by atoms with Crippen molar-refractivity contribution in [1.29, 1.82) is 0 Å². The third kappa shape index (κ3) is 3.73. The highest BCUT2D eigenvalue weighted by Gasteiger charge is 2.19. The van der Waals surface area contributed by atoms with E-state index in [1.165, 1.54) is 18.2 Å². The number of phenolic OH excluding ortho intramolecular Hbond substituents is 2. The molecule has 0 aromatic heterocycles. The van der Waals surface area contributed by atoms with Gasteiger partial charge in [-0.15, -0.1) is 0 Å². The first kappa shape index (κ1) is 14.9. The summed E-state index contributed by atoms with van der Waals surface area (Å²) in [6.07, 6.45) is 0.456. The van der Waals surface area contributed by atoms with Crippen molar-refractivity contribution in [3.63, 3.8) is 0 Å². The number of hydrogen-bond donors (Lipinski definition) is 4. The molecular weight excluding hydrogens is 270 g/mol. The highest BCUT2D eigenvalue weighted by molar-refractivity contribution is 5.99. The summed E-state index contributed by atoms with van der Waals surface area (Å²) in [6.45, 7) is -0.241. The number of nitrogens with one attached hydrogen (secondary N) is 1. The van der Waals surface area contributed by atoms with Crippen LogP contribution in [0.3, 0.4) is 0 Å². The molecule has 0 bridgehead atoms. The zero-order valence-corrected chi connectivity index (χ0v) is 11.4. The van der Waals surface area contributed by atoms with Crippen molar-refractivity contribution in [3.8, 4) is 11.5 Å². The average Bonchev–Trinajstić information content (AvgIpc) is 2.47. The normalized spacial score (nSPS) is 11.9. The summed E-state index contributed by atoms with van der Waals surface area (Å²) in [5, 5.41) is 31.3. The van der Waals surface area contributed by atoms with Gasteiger partial charge in [-0.2, -0.15) is 0 Å². The number of aliphatic hydroxyl groups is 1. The third-order valence-electron chi connectivity index (χ3n) is 3.13. The summed E-state index contributed by atoms with van der Waals surface area (Å²) in [4.78, 5) is 12.1. The summed E-state index contributed by atoms with van der Waals surface area (Å²) in [6, 6.07) is 13.0. The van der Waals surface area contributed by atoms with Crippen LogP contribution in [0.5, 0.6) is 11.5 Å². The van der Waals surface area contributed by atoms with Gasteiger partial charge in [-0.3, -0.25) is 4.79 Å². The number of aromatic hydroxyl groups is 2. The van der Waals surface area contributed by atoms with Crippen LogP contribution in [0.25, 0.3) is 0 Å². The molecule has 1 atom stereocenters. The predicted octanol–water partition coefficient (Wildman–Crippen LogP) is 1.43. The molecule has 0 unspecified atom stereocenters. The van der Waals surface area contributed by atoms with E-state index in [0.717, 1.165) is 5.56 Å². The minimum absolute atomic E-state index is 0.191. The van der Waals surface area contributed by atoms with Crippen LogP contribution < -0.4 is 5.32 Å². The predicted molar refractivity (Wildman–Crippen MR) is 78.3 cm³/mol. The van der Waals surface area contributed by atoms with Gasteiger partial charge in [-0.05, 0) is 24.1 Å². The van der Waals surface area contributed by atoms with Crippen LogP contribution in [0.1, 0.15) is 15.9 Å². The minimum Gasteiger partial charge on any atom is -0.507 e. The lowest BCUT2D eigenvalue weighted by atomic mass is 10.1. The lowest BCUT2D eigenvalue weighted by Crippen LogP contribution is -2.39. The minimum atomic E-state index is -0.624. The fourth-order valence-corrected chi connectivity index (χ4v) is 2.08. The summed E-state index contributed by atoms with van der Waals surface area (Å²) < 4.78 is 0. The van der Waals surface area contributed by atoms with Crippen LogP contribution in [-0.4, -0.2) is 33.9 Å². The van der Waals surface area contributed by atoms with Gasteiger partial charge in [0.25, 0.3) is 5.91 Å². The standard InChI is InChI=1S/C16H17NO4/c18-10-12(9-11-5-2-1-3-6-11)17-16(21)15-13(19)7-4-8-14(15)20/h1-8,12,18-20H,9-10H2,(H,17,21)/t12-/m1/s1. The Hall–Kier alpha value is -2.53. The number of phenols is 2. The second-order valence-corrected chi connectivity index (χ2v) is 4.71. The Kier molecular flexibility index (Phi) is 4.79. The van der Waals surface area contributed by atoms with Gasteiger partial charge in [-0.1, -0.05) is 36.4 Å². The molecule has 21 heavy (non-hydrogen) atoms. The van der Waals surface area contributed by atoms with Gasteiger partial charge >= 0.3 is 0 Å². The van der Waals surface area contributed by atoms with Gasteiger partial charge in [0.1, 0.15) is 17.1 Å². The summed E-state index contributed by atoms with van der Waals surface area (Å²) >= 11 is 0. The Morgan fingerprint density at radius 3 is 2.19 bits per heavy atom. The number of carbonyl (C=O) groups excluding carboxylic acids is 1. The van der Waals surface area contributed by atoms with Crippen LogP contribution in [0.2, 0.25) is 0 Å². The SMILES string of the molecule is O=C(N[C@@H](CO)Cc1ccccc1)c1c(O)cccc1O. The van der Waals surface area contributed by atoms with Crippen LogP contribution >= 0.6 is 0 Å². The Balaban J connectivity index is 2.10. The molecule has 1 amide bonds. The van der Waals surface area contributed by atoms with Gasteiger partial charge in [0, 0.05) is 0 Å². The molecule has 5 nitrogen and oxygen atoms in total. The van der Waals surface area contributed by atoms with E-state index >= 15 is 0 Å². The van der Waals surface area contributed by atoms with Crippen molar-refractivity contribution in [3.05, 3.63) is 59.7 Å². The second-order valence-electron chi connectivity index (χ2n) is 4.71. The van der Waals surface area contributed by atoms with Crippen molar-refractivity contribution in [2.75, 3.05) is 6.61 Å². The van der Waals surface area contributed by atoms with Crippen molar-refractivity contribution in [2.24, 2.45) is 0 Å². The highest BCUT2D eigenvalue weighted by Crippen LogP contribution is 2.26. The van der Waals surface area contributed by atoms with Gasteiger partial charge < -0.3 is 20.6 Å². The first-order valence-corrected chi connectivity index (χ1v) is 6.58. The molecule has 2 aromatic rings. The molecule has 110 valence electrons. The Labute approximate surface area is 122 Å². The fourth-order valence-electron chi connectivity index (χ4n) is 2.08. The van der Waals surface area contributed by atoms with Gasteiger partial charge in [0.05, 0.1) is 12.6 Å². The molecule has 0 aliphatic carbocycles. The van der Waals surface area contributed by atoms with E-state index < -0.39 is 11.9 Å². The fraction of sp³-hybridized carbons (Fsp3) is 0.188. The van der Waals surface area contributed by atoms with Crippen molar-refractivity contribution in [1.82, 2.24) is 5.32 Å². The van der Waals surface area contributed by atoms with Crippen LogP contribution in [-0.2, 0) is 6.42 Å². The Morgan fingerprint density at radius 1 is 1.00 bits per heavy atom. The molecule has 0 spiro atoms. The summed E-state index contributed by atoms with van der Waals surface area (Å²) in [5.41, 5.74) is 0.780. The average molecular weight is 287 g/mol. The molecule has 0 saturated heterocycles. The van der Waals surface area contributed by atoms with Gasteiger partial charge in [0.15, 0.2) is 0 Å². The van der Waals surface area contributed by atoms with Gasteiger partial charge in [0.2, 0.25) is 0 Å². The second kappa shape index (κ2) is 6.76. The molecule has 2 rings (SSSR count). The molecule has 2 aromatic carbocycles. The van der Waals surface area contributed by atoms with E-state index in [1.54, 1.807) is 0 Å². The molecule has 0 fully saturated rings. The van der Waals surface area contributed by atoms with Crippen molar-refractivity contribution >= 4 is 5.91 Å². The first-order chi connectivity index (χ1) is 10.1. The first-order valence-electron chi connectivity index (χ1n) is 6.58. The number of rotatable bonds is 5. The smallest absolute Gasteiger partial charge is 0.259 e. The summed E-state index contributed by atoms with van der Waals surface area (Å²) in [5.74, 6) is -1.23. The number of amides is 1. The van der Waals surface area contributed by atoms with E-state index in [-0.39, 0.29) is 23.7 Å². The number of carbonyl (C=O) groups is 1. The quantitative estimate of drug-likeness (QED) is 0.669. The monoisotopic (exact) mass is 287 g/mol. The lowest BCUT2D eigenvalue weighted by Gasteiger charge is -2.17. The number of hydrogen-bond acceptors (Lipinski definition) is 4. The van der Waals surface area contributed by atoms with Crippen LogP contribution in [0.4, 0.5) is 0 Å².